The highest BCUT2D eigenvalue weighted by molar-refractivity contribution is 6.30. The molecule has 0 amide bonds. The summed E-state index contributed by atoms with van der Waals surface area (Å²) in [4.78, 5) is 19.1. The molecule has 1 aliphatic heterocycles. The number of carbonyl (C=O) groups is 2. The number of allylic oxidation sites excluding steroid dienone is 2. The van der Waals surface area contributed by atoms with E-state index in [-0.39, 0.29) is 0 Å². The lowest BCUT2D eigenvalue weighted by atomic mass is 9.86. The molecular weight excluding hydrogens is 342 g/mol. The quantitative estimate of drug-likeness (QED) is 0.569. The van der Waals surface area contributed by atoms with Gasteiger partial charge in [-0.1, -0.05) is 35.9 Å². The van der Waals surface area contributed by atoms with Crippen LogP contribution in [0, 0.1) is 23.7 Å². The van der Waals surface area contributed by atoms with Gasteiger partial charge in [0.25, 0.3) is 0 Å². The number of hydrogen-bond donors (Lipinski definition) is 3. The second-order valence-corrected chi connectivity index (χ2v) is 7.05. The van der Waals surface area contributed by atoms with Crippen LogP contribution in [0.25, 0.3) is 0 Å². The van der Waals surface area contributed by atoms with Gasteiger partial charge in [-0.05, 0) is 60.4 Å². The molecule has 6 heteroatoms. The summed E-state index contributed by atoms with van der Waals surface area (Å²) in [6.07, 6.45) is 6.03. The molecule has 4 atom stereocenters. The summed E-state index contributed by atoms with van der Waals surface area (Å²) < 4.78 is 0. The first-order chi connectivity index (χ1) is 12.0. The number of hydrogen-bond acceptors (Lipinski definition) is 3. The number of nitrogens with one attached hydrogen (secondary N) is 1. The average molecular weight is 362 g/mol. The van der Waals surface area contributed by atoms with E-state index in [1.54, 1.807) is 0 Å². The summed E-state index contributed by atoms with van der Waals surface area (Å²) in [6, 6.07) is 8.49. The van der Waals surface area contributed by atoms with Crippen molar-refractivity contribution in [2.75, 3.05) is 13.1 Å². The van der Waals surface area contributed by atoms with Crippen LogP contribution in [0.15, 0.2) is 48.6 Å². The molecule has 0 radical (unpaired) electrons. The van der Waals surface area contributed by atoms with Gasteiger partial charge in [-0.25, -0.2) is 9.59 Å². The van der Waals surface area contributed by atoms with Crippen molar-refractivity contribution in [3.8, 4) is 0 Å². The zero-order valence-electron chi connectivity index (χ0n) is 13.5. The van der Waals surface area contributed by atoms with Crippen LogP contribution in [0.2, 0.25) is 5.02 Å². The minimum atomic E-state index is -1.26. The molecule has 4 rings (SSSR count). The van der Waals surface area contributed by atoms with Crippen molar-refractivity contribution >= 4 is 23.5 Å². The summed E-state index contributed by atoms with van der Waals surface area (Å²) in [6.45, 7) is 2.42. The van der Waals surface area contributed by atoms with Crippen molar-refractivity contribution in [1.82, 2.24) is 5.32 Å². The van der Waals surface area contributed by atoms with Crippen LogP contribution in [0.4, 0.5) is 0 Å². The highest BCUT2D eigenvalue weighted by Gasteiger charge is 2.53. The molecule has 3 N–H and O–H groups in total. The molecule has 2 aliphatic carbocycles. The van der Waals surface area contributed by atoms with E-state index < -0.39 is 11.9 Å². The Morgan fingerprint density at radius 2 is 1.44 bits per heavy atom. The first kappa shape index (κ1) is 17.7. The molecule has 132 valence electrons. The summed E-state index contributed by atoms with van der Waals surface area (Å²) >= 11 is 5.98. The molecule has 1 aromatic carbocycles. The largest absolute Gasteiger partial charge is 0.478 e. The predicted molar refractivity (Wildman–Crippen MR) is 94.6 cm³/mol. The van der Waals surface area contributed by atoms with Crippen molar-refractivity contribution < 1.29 is 19.8 Å². The van der Waals surface area contributed by atoms with Gasteiger partial charge in [0.1, 0.15) is 0 Å². The standard InChI is InChI=1S/C15H16ClN.C4H4O4/c16-10-3-1-9(2-4-10)15-11-5-6-12(15)14-8-17-7-13(11)14;5-3(6)1-2-4(7)8/h1-6,11-15,17H,7-8H2;1-2H,(H,5,6)(H,7,8). The average Bonchev–Trinajstić information content (AvgIpc) is 3.26. The van der Waals surface area contributed by atoms with Gasteiger partial charge >= 0.3 is 11.9 Å². The molecule has 3 aliphatic rings. The number of aliphatic carboxylic acids is 2. The van der Waals surface area contributed by atoms with Crippen molar-refractivity contribution in [2.45, 2.75) is 5.92 Å². The SMILES string of the molecule is Clc1ccc(C2C3C=CC2C2CNCC32)cc1.O=C(O)C=CC(=O)O. The molecule has 1 heterocycles. The van der Waals surface area contributed by atoms with E-state index in [2.05, 4.69) is 29.6 Å². The van der Waals surface area contributed by atoms with Gasteiger partial charge in [-0.15, -0.1) is 0 Å². The molecule has 0 aromatic heterocycles. The molecule has 5 nitrogen and oxygen atoms in total. The summed E-state index contributed by atoms with van der Waals surface area (Å²) in [5.41, 5.74) is 1.48. The fourth-order valence-electron chi connectivity index (χ4n) is 4.41. The lowest BCUT2D eigenvalue weighted by Crippen LogP contribution is -2.17. The third-order valence-corrected chi connectivity index (χ3v) is 5.56. The van der Waals surface area contributed by atoms with E-state index in [1.807, 2.05) is 12.1 Å². The Hall–Kier alpha value is -2.11. The van der Waals surface area contributed by atoms with Crippen LogP contribution in [0.1, 0.15) is 11.5 Å². The lowest BCUT2D eigenvalue weighted by molar-refractivity contribution is -0.134. The van der Waals surface area contributed by atoms with Crippen LogP contribution in [-0.2, 0) is 9.59 Å². The number of rotatable bonds is 3. The first-order valence-electron chi connectivity index (χ1n) is 8.26. The van der Waals surface area contributed by atoms with Crippen molar-refractivity contribution in [1.29, 1.82) is 0 Å². The number of halogens is 1. The molecule has 0 spiro atoms. The van der Waals surface area contributed by atoms with Gasteiger partial charge in [-0.3, -0.25) is 0 Å². The predicted octanol–water partition coefficient (Wildman–Crippen LogP) is 2.79. The monoisotopic (exact) mass is 361 g/mol. The third kappa shape index (κ3) is 3.78. The normalized spacial score (nSPS) is 31.6. The topological polar surface area (TPSA) is 86.6 Å². The van der Waals surface area contributed by atoms with E-state index >= 15 is 0 Å². The Bertz CT molecular complexity index is 677. The zero-order valence-corrected chi connectivity index (χ0v) is 14.3. The van der Waals surface area contributed by atoms with Crippen molar-refractivity contribution in [3.63, 3.8) is 0 Å². The van der Waals surface area contributed by atoms with Crippen LogP contribution in [0.5, 0.6) is 0 Å². The number of carboxylic acid groups (broad SMARTS) is 2. The number of benzene rings is 1. The highest BCUT2D eigenvalue weighted by Crippen LogP contribution is 2.57. The zero-order chi connectivity index (χ0) is 18.0. The Kier molecular flexibility index (Phi) is 5.25. The van der Waals surface area contributed by atoms with Crippen LogP contribution < -0.4 is 5.32 Å². The number of carboxylic acids is 2. The Labute approximate surface area is 151 Å². The second kappa shape index (κ2) is 7.42. The lowest BCUT2D eigenvalue weighted by Gasteiger charge is -2.19. The molecule has 2 bridgehead atoms. The second-order valence-electron chi connectivity index (χ2n) is 6.61. The molecule has 1 saturated heterocycles. The maximum absolute atomic E-state index is 9.55. The minimum absolute atomic E-state index is 0.558. The molecule has 4 unspecified atom stereocenters. The van der Waals surface area contributed by atoms with Crippen molar-refractivity contribution in [3.05, 3.63) is 59.2 Å². The van der Waals surface area contributed by atoms with E-state index in [0.29, 0.717) is 18.1 Å². The Morgan fingerprint density at radius 3 is 1.88 bits per heavy atom. The van der Waals surface area contributed by atoms with Gasteiger partial charge in [0, 0.05) is 17.2 Å². The molecule has 1 saturated carbocycles. The first-order valence-corrected chi connectivity index (χ1v) is 8.63. The fraction of sp³-hybridized carbons (Fsp3) is 0.368. The smallest absolute Gasteiger partial charge is 0.328 e. The van der Waals surface area contributed by atoms with Gasteiger partial charge in [0.2, 0.25) is 0 Å². The van der Waals surface area contributed by atoms with Crippen molar-refractivity contribution in [2.24, 2.45) is 23.7 Å². The van der Waals surface area contributed by atoms with Gasteiger partial charge < -0.3 is 15.5 Å². The third-order valence-electron chi connectivity index (χ3n) is 5.31. The fourth-order valence-corrected chi connectivity index (χ4v) is 4.53. The summed E-state index contributed by atoms with van der Waals surface area (Å²) in [5, 5.41) is 20.0. The minimum Gasteiger partial charge on any atom is -0.478 e. The maximum Gasteiger partial charge on any atom is 0.328 e. The summed E-state index contributed by atoms with van der Waals surface area (Å²) in [5.74, 6) is 1.43. The van der Waals surface area contributed by atoms with Gasteiger partial charge in [0.15, 0.2) is 0 Å². The number of fused-ring (bicyclic) bond motifs is 5. The van der Waals surface area contributed by atoms with E-state index in [1.165, 1.54) is 18.7 Å². The van der Waals surface area contributed by atoms with Gasteiger partial charge in [-0.2, -0.15) is 0 Å². The molecule has 2 fully saturated rings. The van der Waals surface area contributed by atoms with E-state index in [0.717, 1.165) is 28.7 Å². The Morgan fingerprint density at radius 1 is 0.960 bits per heavy atom. The molecule has 25 heavy (non-hydrogen) atoms. The van der Waals surface area contributed by atoms with Gasteiger partial charge in [0.05, 0.1) is 0 Å². The van der Waals surface area contributed by atoms with E-state index in [9.17, 15) is 9.59 Å². The highest BCUT2D eigenvalue weighted by atomic mass is 35.5. The Balaban J connectivity index is 0.000000197. The molecular formula is C19H20ClNO4. The van der Waals surface area contributed by atoms with E-state index in [4.69, 9.17) is 21.8 Å². The van der Waals surface area contributed by atoms with Crippen LogP contribution in [0.3, 0.4) is 0 Å². The molecule has 1 aromatic rings. The maximum atomic E-state index is 9.55. The van der Waals surface area contributed by atoms with Crippen LogP contribution in [-0.4, -0.2) is 35.2 Å². The summed E-state index contributed by atoms with van der Waals surface area (Å²) in [7, 11) is 0. The van der Waals surface area contributed by atoms with Crippen LogP contribution >= 0.6 is 11.6 Å².